The van der Waals surface area contributed by atoms with E-state index in [4.69, 9.17) is 0 Å². The number of amides is 2. The molecule has 1 aliphatic carbocycles. The van der Waals surface area contributed by atoms with E-state index >= 15 is 0 Å². The molecule has 23 heavy (non-hydrogen) atoms. The van der Waals surface area contributed by atoms with Crippen LogP contribution < -0.4 is 10.6 Å². The van der Waals surface area contributed by atoms with E-state index in [1.54, 1.807) is 0 Å². The standard InChI is InChI=1S/C19H28N2O2/c1-14(2)10-12-21-19(23)17-13-16(17)18(22)20-11-6-9-15-7-4-3-5-8-15/h3-5,7-8,14,16-17H,6,9-13H2,1-2H3,(H,20,22)(H,21,23). The van der Waals surface area contributed by atoms with Crippen molar-refractivity contribution in [3.05, 3.63) is 35.9 Å². The van der Waals surface area contributed by atoms with Gasteiger partial charge in [-0.15, -0.1) is 0 Å². The highest BCUT2D eigenvalue weighted by Gasteiger charge is 2.47. The second-order valence-corrected chi connectivity index (χ2v) is 6.80. The van der Waals surface area contributed by atoms with Crippen LogP contribution in [-0.4, -0.2) is 24.9 Å². The van der Waals surface area contributed by atoms with Gasteiger partial charge in [-0.25, -0.2) is 0 Å². The molecule has 4 nitrogen and oxygen atoms in total. The molecule has 2 amide bonds. The monoisotopic (exact) mass is 316 g/mol. The summed E-state index contributed by atoms with van der Waals surface area (Å²) >= 11 is 0. The molecular formula is C19H28N2O2. The second kappa shape index (κ2) is 8.70. The van der Waals surface area contributed by atoms with Crippen molar-refractivity contribution in [2.75, 3.05) is 13.1 Å². The molecule has 126 valence electrons. The molecule has 0 aliphatic heterocycles. The van der Waals surface area contributed by atoms with Crippen LogP contribution in [0.1, 0.15) is 38.7 Å². The van der Waals surface area contributed by atoms with Crippen LogP contribution in [0.2, 0.25) is 0 Å². The van der Waals surface area contributed by atoms with Crippen LogP contribution in [0.5, 0.6) is 0 Å². The molecule has 2 rings (SSSR count). The van der Waals surface area contributed by atoms with Gasteiger partial charge < -0.3 is 10.6 Å². The van der Waals surface area contributed by atoms with Crippen LogP contribution in [0.4, 0.5) is 0 Å². The minimum Gasteiger partial charge on any atom is -0.356 e. The normalized spacial score (nSPS) is 19.4. The van der Waals surface area contributed by atoms with E-state index in [2.05, 4.69) is 36.6 Å². The van der Waals surface area contributed by atoms with Crippen LogP contribution >= 0.6 is 0 Å². The SMILES string of the molecule is CC(C)CCNC(=O)C1CC1C(=O)NCCCc1ccccc1. The average Bonchev–Trinajstić information content (AvgIpc) is 3.33. The molecule has 0 radical (unpaired) electrons. The first-order valence-electron chi connectivity index (χ1n) is 8.67. The number of carbonyl (C=O) groups is 2. The fourth-order valence-corrected chi connectivity index (χ4v) is 2.67. The molecule has 0 spiro atoms. The Bertz CT molecular complexity index is 513. The third-order valence-electron chi connectivity index (χ3n) is 4.27. The van der Waals surface area contributed by atoms with Gasteiger partial charge in [0.2, 0.25) is 11.8 Å². The van der Waals surface area contributed by atoms with Gasteiger partial charge in [0.15, 0.2) is 0 Å². The van der Waals surface area contributed by atoms with E-state index in [1.165, 1.54) is 5.56 Å². The number of carbonyl (C=O) groups excluding carboxylic acids is 2. The van der Waals surface area contributed by atoms with Gasteiger partial charge in [-0.3, -0.25) is 9.59 Å². The predicted molar refractivity (Wildman–Crippen MR) is 91.8 cm³/mol. The van der Waals surface area contributed by atoms with Gasteiger partial charge in [-0.1, -0.05) is 44.2 Å². The van der Waals surface area contributed by atoms with Crippen molar-refractivity contribution in [1.82, 2.24) is 10.6 Å². The van der Waals surface area contributed by atoms with Crippen molar-refractivity contribution < 1.29 is 9.59 Å². The predicted octanol–water partition coefficient (Wildman–Crippen LogP) is 2.53. The molecular weight excluding hydrogens is 288 g/mol. The smallest absolute Gasteiger partial charge is 0.223 e. The molecule has 0 heterocycles. The largest absolute Gasteiger partial charge is 0.356 e. The van der Waals surface area contributed by atoms with E-state index < -0.39 is 0 Å². The maximum atomic E-state index is 12.0. The highest BCUT2D eigenvalue weighted by atomic mass is 16.2. The Morgan fingerprint density at radius 3 is 2.26 bits per heavy atom. The quantitative estimate of drug-likeness (QED) is 0.688. The topological polar surface area (TPSA) is 58.2 Å². The van der Waals surface area contributed by atoms with Crippen LogP contribution in [0.3, 0.4) is 0 Å². The molecule has 0 aromatic heterocycles. The summed E-state index contributed by atoms with van der Waals surface area (Å²) in [6, 6.07) is 10.3. The molecule has 0 saturated heterocycles. The highest BCUT2D eigenvalue weighted by molar-refractivity contribution is 5.92. The lowest BCUT2D eigenvalue weighted by Gasteiger charge is -2.07. The number of nitrogens with one attached hydrogen (secondary N) is 2. The zero-order valence-electron chi connectivity index (χ0n) is 14.2. The lowest BCUT2D eigenvalue weighted by Crippen LogP contribution is -2.31. The molecule has 4 heteroatoms. The van der Waals surface area contributed by atoms with E-state index in [0.717, 1.165) is 19.3 Å². The Morgan fingerprint density at radius 1 is 1.04 bits per heavy atom. The lowest BCUT2D eigenvalue weighted by atomic mass is 10.1. The number of benzene rings is 1. The fourth-order valence-electron chi connectivity index (χ4n) is 2.67. The molecule has 1 aliphatic rings. The van der Waals surface area contributed by atoms with Gasteiger partial charge in [-0.2, -0.15) is 0 Å². The average molecular weight is 316 g/mol. The fraction of sp³-hybridized carbons (Fsp3) is 0.579. The molecule has 1 aromatic carbocycles. The van der Waals surface area contributed by atoms with E-state index in [0.29, 0.717) is 25.4 Å². The first-order valence-corrected chi connectivity index (χ1v) is 8.67. The Labute approximate surface area is 139 Å². The number of hydrogen-bond acceptors (Lipinski definition) is 2. The summed E-state index contributed by atoms with van der Waals surface area (Å²) in [7, 11) is 0. The van der Waals surface area contributed by atoms with Gasteiger partial charge in [0.05, 0.1) is 11.8 Å². The molecule has 1 saturated carbocycles. The summed E-state index contributed by atoms with van der Waals surface area (Å²) in [5.74, 6) is 0.414. The number of hydrogen-bond donors (Lipinski definition) is 2. The third kappa shape index (κ3) is 6.05. The van der Waals surface area contributed by atoms with Crippen molar-refractivity contribution >= 4 is 11.8 Å². The molecule has 2 atom stereocenters. The Kier molecular flexibility index (Phi) is 6.63. The van der Waals surface area contributed by atoms with Gasteiger partial charge in [0.25, 0.3) is 0 Å². The first-order chi connectivity index (χ1) is 11.1. The minimum absolute atomic E-state index is 0.0297. The Morgan fingerprint density at radius 2 is 1.65 bits per heavy atom. The maximum absolute atomic E-state index is 12.0. The van der Waals surface area contributed by atoms with E-state index in [-0.39, 0.29) is 23.7 Å². The molecule has 1 aromatic rings. The third-order valence-corrected chi connectivity index (χ3v) is 4.27. The van der Waals surface area contributed by atoms with Crippen molar-refractivity contribution in [2.24, 2.45) is 17.8 Å². The number of rotatable bonds is 9. The van der Waals surface area contributed by atoms with Gasteiger partial charge in [0, 0.05) is 13.1 Å². The zero-order valence-corrected chi connectivity index (χ0v) is 14.2. The summed E-state index contributed by atoms with van der Waals surface area (Å²) in [5, 5.41) is 5.89. The maximum Gasteiger partial charge on any atom is 0.223 e. The number of aryl methyl sites for hydroxylation is 1. The van der Waals surface area contributed by atoms with E-state index in [9.17, 15) is 9.59 Å². The summed E-state index contributed by atoms with van der Waals surface area (Å²) in [6.45, 7) is 5.65. The zero-order chi connectivity index (χ0) is 16.7. The van der Waals surface area contributed by atoms with E-state index in [1.807, 2.05) is 18.2 Å². The van der Waals surface area contributed by atoms with Gasteiger partial charge in [-0.05, 0) is 37.2 Å². The lowest BCUT2D eigenvalue weighted by molar-refractivity contribution is -0.127. The second-order valence-electron chi connectivity index (χ2n) is 6.80. The summed E-state index contributed by atoms with van der Waals surface area (Å²) < 4.78 is 0. The Balaban J connectivity index is 1.57. The first kappa shape index (κ1) is 17.5. The Hall–Kier alpha value is -1.84. The minimum atomic E-state index is -0.120. The van der Waals surface area contributed by atoms with Crippen LogP contribution in [0, 0.1) is 17.8 Å². The van der Waals surface area contributed by atoms with Crippen molar-refractivity contribution in [1.29, 1.82) is 0 Å². The van der Waals surface area contributed by atoms with Crippen molar-refractivity contribution in [2.45, 2.75) is 39.5 Å². The van der Waals surface area contributed by atoms with Crippen molar-refractivity contribution in [3.8, 4) is 0 Å². The van der Waals surface area contributed by atoms with Crippen LogP contribution in [0.15, 0.2) is 30.3 Å². The molecule has 2 unspecified atom stereocenters. The van der Waals surface area contributed by atoms with Gasteiger partial charge >= 0.3 is 0 Å². The summed E-state index contributed by atoms with van der Waals surface area (Å²) in [4.78, 5) is 23.9. The van der Waals surface area contributed by atoms with Crippen molar-refractivity contribution in [3.63, 3.8) is 0 Å². The molecule has 2 N–H and O–H groups in total. The van der Waals surface area contributed by atoms with Gasteiger partial charge in [0.1, 0.15) is 0 Å². The van der Waals surface area contributed by atoms with Crippen LogP contribution in [-0.2, 0) is 16.0 Å². The summed E-state index contributed by atoms with van der Waals surface area (Å²) in [6.07, 6.45) is 3.56. The molecule has 0 bridgehead atoms. The summed E-state index contributed by atoms with van der Waals surface area (Å²) in [5.41, 5.74) is 1.29. The highest BCUT2D eigenvalue weighted by Crippen LogP contribution is 2.38. The molecule has 1 fully saturated rings. The van der Waals surface area contributed by atoms with Crippen LogP contribution in [0.25, 0.3) is 0 Å².